The summed E-state index contributed by atoms with van der Waals surface area (Å²) in [7, 11) is 0. The van der Waals surface area contributed by atoms with Crippen LogP contribution in [0, 0.1) is 25.5 Å². The number of thiophene rings is 1. The molecule has 130 valence electrons. The zero-order chi connectivity index (χ0) is 18.3. The lowest BCUT2D eigenvalue weighted by Gasteiger charge is -2.13. The van der Waals surface area contributed by atoms with Crippen LogP contribution in [0.15, 0.2) is 23.0 Å². The van der Waals surface area contributed by atoms with Crippen molar-refractivity contribution in [2.24, 2.45) is 0 Å². The predicted octanol–water partition coefficient (Wildman–Crippen LogP) is 3.80. The number of nitrogens with one attached hydrogen (secondary N) is 1. The summed E-state index contributed by atoms with van der Waals surface area (Å²) in [5.41, 5.74) is 0.149. The van der Waals surface area contributed by atoms with Gasteiger partial charge in [0, 0.05) is 10.9 Å². The Balaban J connectivity index is 1.90. The molecule has 3 rings (SSSR count). The number of halogens is 2. The van der Waals surface area contributed by atoms with Crippen molar-refractivity contribution in [1.29, 1.82) is 0 Å². The standard InChI is InChI=1S/C17H14F2N2O3S/c1-7-9(3)25-16-13(7)15(22)20-14(21-16)8(2)24-17(23)11-5-4-10(18)6-12(11)19/h4-6,8H,1-3H3,(H,20,21,22). The molecule has 2 heterocycles. The highest BCUT2D eigenvalue weighted by Gasteiger charge is 2.21. The van der Waals surface area contributed by atoms with Gasteiger partial charge in [-0.1, -0.05) is 0 Å². The summed E-state index contributed by atoms with van der Waals surface area (Å²) in [5, 5.41) is 0.509. The number of hydrogen-bond acceptors (Lipinski definition) is 5. The van der Waals surface area contributed by atoms with E-state index in [0.717, 1.165) is 22.6 Å². The first-order valence-corrected chi connectivity index (χ1v) is 8.25. The van der Waals surface area contributed by atoms with Gasteiger partial charge in [0.25, 0.3) is 5.56 Å². The summed E-state index contributed by atoms with van der Waals surface area (Å²) in [6, 6.07) is 2.57. The molecule has 1 unspecified atom stereocenters. The lowest BCUT2D eigenvalue weighted by molar-refractivity contribution is 0.0314. The van der Waals surface area contributed by atoms with Gasteiger partial charge in [-0.05, 0) is 38.5 Å². The summed E-state index contributed by atoms with van der Waals surface area (Å²) >= 11 is 1.37. The van der Waals surface area contributed by atoms with E-state index in [-0.39, 0.29) is 16.9 Å². The van der Waals surface area contributed by atoms with E-state index in [9.17, 15) is 18.4 Å². The zero-order valence-corrected chi connectivity index (χ0v) is 14.5. The summed E-state index contributed by atoms with van der Waals surface area (Å²) < 4.78 is 31.7. The van der Waals surface area contributed by atoms with E-state index in [0.29, 0.717) is 16.3 Å². The van der Waals surface area contributed by atoms with E-state index in [2.05, 4.69) is 9.97 Å². The second-order valence-electron chi connectivity index (χ2n) is 5.59. The molecule has 1 N–H and O–H groups in total. The molecule has 2 aromatic heterocycles. The number of esters is 1. The van der Waals surface area contributed by atoms with Crippen molar-refractivity contribution in [3.05, 3.63) is 62.0 Å². The Morgan fingerprint density at radius 2 is 2.04 bits per heavy atom. The first-order chi connectivity index (χ1) is 11.8. The van der Waals surface area contributed by atoms with Crippen molar-refractivity contribution in [1.82, 2.24) is 9.97 Å². The molecule has 0 aliphatic rings. The third-order valence-electron chi connectivity index (χ3n) is 3.88. The van der Waals surface area contributed by atoms with Crippen LogP contribution in [0.4, 0.5) is 8.78 Å². The second kappa shape index (κ2) is 6.36. The van der Waals surface area contributed by atoms with Crippen LogP contribution in [0.3, 0.4) is 0 Å². The molecule has 0 saturated carbocycles. The highest BCUT2D eigenvalue weighted by molar-refractivity contribution is 7.18. The monoisotopic (exact) mass is 364 g/mol. The van der Waals surface area contributed by atoms with Gasteiger partial charge in [0.05, 0.1) is 10.9 Å². The van der Waals surface area contributed by atoms with Gasteiger partial charge in [0.2, 0.25) is 0 Å². The summed E-state index contributed by atoms with van der Waals surface area (Å²) in [6.07, 6.45) is -0.906. The number of aryl methyl sites for hydroxylation is 2. The zero-order valence-electron chi connectivity index (χ0n) is 13.6. The van der Waals surface area contributed by atoms with Crippen LogP contribution in [0.2, 0.25) is 0 Å². The van der Waals surface area contributed by atoms with Gasteiger partial charge in [0.1, 0.15) is 16.5 Å². The molecule has 0 aliphatic carbocycles. The van der Waals surface area contributed by atoms with Gasteiger partial charge < -0.3 is 9.72 Å². The number of aromatic amines is 1. The second-order valence-corrected chi connectivity index (χ2v) is 6.79. The third-order valence-corrected chi connectivity index (χ3v) is 4.98. The number of hydrogen-bond donors (Lipinski definition) is 1. The quantitative estimate of drug-likeness (QED) is 0.718. The molecule has 8 heteroatoms. The Labute approximate surface area is 145 Å². The highest BCUT2D eigenvalue weighted by atomic mass is 32.1. The fourth-order valence-electron chi connectivity index (χ4n) is 2.40. The number of aromatic nitrogens is 2. The fourth-order valence-corrected chi connectivity index (χ4v) is 3.44. The van der Waals surface area contributed by atoms with Gasteiger partial charge in [0.15, 0.2) is 11.9 Å². The Bertz CT molecular complexity index is 1040. The average molecular weight is 364 g/mol. The van der Waals surface area contributed by atoms with Crippen molar-refractivity contribution >= 4 is 27.5 Å². The Morgan fingerprint density at radius 3 is 2.72 bits per heavy atom. The molecule has 0 spiro atoms. The third kappa shape index (κ3) is 3.17. The lowest BCUT2D eigenvalue weighted by Crippen LogP contribution is -2.17. The molecule has 0 saturated heterocycles. The highest BCUT2D eigenvalue weighted by Crippen LogP contribution is 2.27. The molecule has 1 aromatic carbocycles. The topological polar surface area (TPSA) is 72.0 Å². The van der Waals surface area contributed by atoms with Gasteiger partial charge in [-0.3, -0.25) is 4.79 Å². The van der Waals surface area contributed by atoms with Crippen LogP contribution < -0.4 is 5.56 Å². The number of carbonyl (C=O) groups is 1. The number of H-pyrrole nitrogens is 1. The molecule has 3 aromatic rings. The van der Waals surface area contributed by atoms with Crippen LogP contribution >= 0.6 is 11.3 Å². The van der Waals surface area contributed by atoms with Gasteiger partial charge in [-0.15, -0.1) is 11.3 Å². The van der Waals surface area contributed by atoms with Crippen molar-refractivity contribution in [3.63, 3.8) is 0 Å². The first kappa shape index (κ1) is 17.2. The number of nitrogens with zero attached hydrogens (tertiary/aromatic N) is 1. The Kier molecular flexibility index (Phi) is 4.38. The average Bonchev–Trinajstić information content (AvgIpc) is 2.82. The molecule has 1 atom stereocenters. The molecule has 25 heavy (non-hydrogen) atoms. The molecule has 5 nitrogen and oxygen atoms in total. The molecule has 0 bridgehead atoms. The van der Waals surface area contributed by atoms with Crippen LogP contribution in [0.1, 0.15) is 39.7 Å². The van der Waals surface area contributed by atoms with Crippen LogP contribution in [0.5, 0.6) is 0 Å². The molecule has 0 fully saturated rings. The maximum absolute atomic E-state index is 13.7. The van der Waals surface area contributed by atoms with E-state index in [1.54, 1.807) is 0 Å². The van der Waals surface area contributed by atoms with Crippen LogP contribution in [-0.4, -0.2) is 15.9 Å². The smallest absolute Gasteiger partial charge is 0.341 e. The Hall–Kier alpha value is -2.61. The summed E-state index contributed by atoms with van der Waals surface area (Å²) in [6.45, 7) is 5.24. The fraction of sp³-hybridized carbons (Fsp3) is 0.235. The molecule has 0 amide bonds. The molecular formula is C17H14F2N2O3S. The maximum atomic E-state index is 13.7. The van der Waals surface area contributed by atoms with Crippen LogP contribution in [-0.2, 0) is 4.74 Å². The maximum Gasteiger partial charge on any atom is 0.341 e. The number of benzene rings is 1. The minimum atomic E-state index is -1.02. The number of fused-ring (bicyclic) bond motifs is 1. The largest absolute Gasteiger partial charge is 0.451 e. The van der Waals surface area contributed by atoms with Crippen LogP contribution in [0.25, 0.3) is 10.2 Å². The van der Waals surface area contributed by atoms with E-state index >= 15 is 0 Å². The molecular weight excluding hydrogens is 350 g/mol. The SMILES string of the molecule is Cc1sc2nc(C(C)OC(=O)c3ccc(F)cc3F)[nH]c(=O)c2c1C. The van der Waals surface area contributed by atoms with Crippen molar-refractivity contribution in [2.45, 2.75) is 26.9 Å². The number of carbonyl (C=O) groups excluding carboxylic acids is 1. The van der Waals surface area contributed by atoms with Crippen molar-refractivity contribution in [2.75, 3.05) is 0 Å². The number of ether oxygens (including phenoxy) is 1. The minimum Gasteiger partial charge on any atom is -0.451 e. The van der Waals surface area contributed by atoms with E-state index < -0.39 is 23.7 Å². The normalized spacial score (nSPS) is 12.4. The summed E-state index contributed by atoms with van der Waals surface area (Å²) in [4.78, 5) is 32.8. The van der Waals surface area contributed by atoms with Gasteiger partial charge in [-0.25, -0.2) is 18.6 Å². The first-order valence-electron chi connectivity index (χ1n) is 7.44. The van der Waals surface area contributed by atoms with E-state index in [1.165, 1.54) is 18.3 Å². The van der Waals surface area contributed by atoms with Gasteiger partial charge >= 0.3 is 5.97 Å². The summed E-state index contributed by atoms with van der Waals surface area (Å²) in [5.74, 6) is -2.61. The predicted molar refractivity (Wildman–Crippen MR) is 89.9 cm³/mol. The van der Waals surface area contributed by atoms with Crippen molar-refractivity contribution in [3.8, 4) is 0 Å². The molecule has 0 radical (unpaired) electrons. The Morgan fingerprint density at radius 1 is 1.32 bits per heavy atom. The van der Waals surface area contributed by atoms with Crippen molar-refractivity contribution < 1.29 is 18.3 Å². The molecule has 0 aliphatic heterocycles. The van der Waals surface area contributed by atoms with E-state index in [1.807, 2.05) is 13.8 Å². The lowest BCUT2D eigenvalue weighted by atomic mass is 10.2. The van der Waals surface area contributed by atoms with Gasteiger partial charge in [-0.2, -0.15) is 0 Å². The number of rotatable bonds is 3. The minimum absolute atomic E-state index is 0.162. The van der Waals surface area contributed by atoms with E-state index in [4.69, 9.17) is 4.74 Å².